The second kappa shape index (κ2) is 7.87. The highest BCUT2D eigenvalue weighted by Crippen LogP contribution is 2.18. The molecule has 0 saturated heterocycles. The lowest BCUT2D eigenvalue weighted by Crippen LogP contribution is -2.32. The lowest BCUT2D eigenvalue weighted by atomic mass is 10.0. The average Bonchev–Trinajstić information content (AvgIpc) is 2.53. The lowest BCUT2D eigenvalue weighted by Gasteiger charge is -2.20. The summed E-state index contributed by atoms with van der Waals surface area (Å²) in [4.78, 5) is 29.3. The van der Waals surface area contributed by atoms with Gasteiger partial charge in [0.15, 0.2) is 0 Å². The average molecular weight is 318 g/mol. The maximum absolute atomic E-state index is 12.7. The molecule has 0 amide bonds. The fourth-order valence-corrected chi connectivity index (χ4v) is 2.40. The summed E-state index contributed by atoms with van der Waals surface area (Å²) in [6.45, 7) is 4.48. The maximum Gasteiger partial charge on any atom is 0.329 e. The summed E-state index contributed by atoms with van der Waals surface area (Å²) in [6, 6.07) is 6.41. The van der Waals surface area contributed by atoms with Crippen LogP contribution in [-0.2, 0) is 14.3 Å². The summed E-state index contributed by atoms with van der Waals surface area (Å²) in [5.74, 6) is -0.205. The summed E-state index contributed by atoms with van der Waals surface area (Å²) < 4.78 is 11.5. The highest BCUT2D eigenvalue weighted by Gasteiger charge is 2.25. The van der Waals surface area contributed by atoms with Crippen molar-refractivity contribution < 1.29 is 14.3 Å². The van der Waals surface area contributed by atoms with Gasteiger partial charge in [-0.05, 0) is 24.5 Å². The minimum absolute atomic E-state index is 0.166. The lowest BCUT2D eigenvalue weighted by molar-refractivity contribution is -0.149. The van der Waals surface area contributed by atoms with Gasteiger partial charge in [0.1, 0.15) is 12.6 Å². The van der Waals surface area contributed by atoms with Crippen molar-refractivity contribution in [1.29, 1.82) is 0 Å². The molecule has 124 valence electrons. The Morgan fingerprint density at radius 3 is 2.70 bits per heavy atom. The summed E-state index contributed by atoms with van der Waals surface area (Å²) in [6.07, 6.45) is 1.93. The molecule has 1 aromatic carbocycles. The van der Waals surface area contributed by atoms with Crippen molar-refractivity contribution in [1.82, 2.24) is 9.55 Å². The quantitative estimate of drug-likeness (QED) is 0.578. The van der Waals surface area contributed by atoms with E-state index in [1.807, 2.05) is 19.9 Å². The first kappa shape index (κ1) is 17.1. The predicted molar refractivity (Wildman–Crippen MR) is 87.3 cm³/mol. The third-order valence-corrected chi connectivity index (χ3v) is 3.52. The Balaban J connectivity index is 2.37. The number of methoxy groups -OCH3 is 1. The Morgan fingerprint density at radius 2 is 2.00 bits per heavy atom. The smallest absolute Gasteiger partial charge is 0.329 e. The summed E-state index contributed by atoms with van der Waals surface area (Å²) in [5, 5.41) is 0.494. The van der Waals surface area contributed by atoms with E-state index in [0.29, 0.717) is 23.9 Å². The molecule has 0 aliphatic heterocycles. The second-order valence-corrected chi connectivity index (χ2v) is 5.78. The molecule has 1 heterocycles. The highest BCUT2D eigenvalue weighted by molar-refractivity contribution is 5.78. The van der Waals surface area contributed by atoms with Crippen molar-refractivity contribution in [2.45, 2.75) is 26.3 Å². The van der Waals surface area contributed by atoms with Crippen LogP contribution in [0.3, 0.4) is 0 Å². The fourth-order valence-electron chi connectivity index (χ4n) is 2.40. The van der Waals surface area contributed by atoms with Crippen LogP contribution in [0.4, 0.5) is 0 Å². The van der Waals surface area contributed by atoms with Gasteiger partial charge in [-0.2, -0.15) is 0 Å². The SMILES string of the molecule is COCCOC(=O)[C@H](CC(C)C)n1cnc2ccccc2c1=O. The van der Waals surface area contributed by atoms with E-state index < -0.39 is 12.0 Å². The van der Waals surface area contributed by atoms with Crippen molar-refractivity contribution in [3.8, 4) is 0 Å². The molecule has 0 bridgehead atoms. The van der Waals surface area contributed by atoms with Gasteiger partial charge >= 0.3 is 5.97 Å². The molecule has 0 radical (unpaired) electrons. The number of carbonyl (C=O) groups excluding carboxylic acids is 1. The number of ether oxygens (including phenoxy) is 2. The Kier molecular flexibility index (Phi) is 5.87. The number of esters is 1. The van der Waals surface area contributed by atoms with Crippen molar-refractivity contribution >= 4 is 16.9 Å². The van der Waals surface area contributed by atoms with Crippen LogP contribution < -0.4 is 5.56 Å². The van der Waals surface area contributed by atoms with Crippen LogP contribution in [0.2, 0.25) is 0 Å². The van der Waals surface area contributed by atoms with Gasteiger partial charge in [0, 0.05) is 7.11 Å². The molecule has 0 unspecified atom stereocenters. The van der Waals surface area contributed by atoms with Crippen LogP contribution in [0.1, 0.15) is 26.3 Å². The van der Waals surface area contributed by atoms with Gasteiger partial charge in [0.2, 0.25) is 0 Å². The van der Waals surface area contributed by atoms with Gasteiger partial charge in [0.05, 0.1) is 23.8 Å². The number of nitrogens with zero attached hydrogens (tertiary/aromatic N) is 2. The first-order valence-electron chi connectivity index (χ1n) is 7.66. The first-order valence-corrected chi connectivity index (χ1v) is 7.66. The van der Waals surface area contributed by atoms with Crippen LogP contribution in [-0.4, -0.2) is 35.8 Å². The maximum atomic E-state index is 12.7. The third kappa shape index (κ3) is 4.16. The topological polar surface area (TPSA) is 70.4 Å². The molecule has 23 heavy (non-hydrogen) atoms. The predicted octanol–water partition coefficient (Wildman–Crippen LogP) is 2.17. The second-order valence-electron chi connectivity index (χ2n) is 5.78. The fraction of sp³-hybridized carbons (Fsp3) is 0.471. The van der Waals surface area contributed by atoms with Crippen molar-refractivity contribution in [3.63, 3.8) is 0 Å². The third-order valence-electron chi connectivity index (χ3n) is 3.52. The molecule has 1 atom stereocenters. The summed E-state index contributed by atoms with van der Waals surface area (Å²) in [7, 11) is 1.54. The molecule has 2 rings (SSSR count). The number of aromatic nitrogens is 2. The van der Waals surface area contributed by atoms with Crippen LogP contribution in [0.15, 0.2) is 35.4 Å². The number of carbonyl (C=O) groups is 1. The van der Waals surface area contributed by atoms with Gasteiger partial charge in [-0.25, -0.2) is 9.78 Å². The van der Waals surface area contributed by atoms with Gasteiger partial charge in [0.25, 0.3) is 5.56 Å². The number of hydrogen-bond acceptors (Lipinski definition) is 5. The Labute approximate surface area is 135 Å². The molecule has 0 saturated carbocycles. The molecule has 0 fully saturated rings. The molecule has 0 spiro atoms. The van der Waals surface area contributed by atoms with Crippen LogP contribution in [0.5, 0.6) is 0 Å². The zero-order valence-electron chi connectivity index (χ0n) is 13.7. The van der Waals surface area contributed by atoms with E-state index in [2.05, 4.69) is 4.98 Å². The normalized spacial score (nSPS) is 12.5. The molecule has 0 N–H and O–H groups in total. The number of fused-ring (bicyclic) bond motifs is 1. The molecule has 1 aromatic heterocycles. The van der Waals surface area contributed by atoms with Gasteiger partial charge in [-0.15, -0.1) is 0 Å². The van der Waals surface area contributed by atoms with Crippen molar-refractivity contribution in [3.05, 3.63) is 40.9 Å². The van der Waals surface area contributed by atoms with Crippen molar-refractivity contribution in [2.24, 2.45) is 5.92 Å². The Hall–Kier alpha value is -2.21. The molecular formula is C17H22N2O4. The van der Waals surface area contributed by atoms with E-state index in [0.717, 1.165) is 0 Å². The van der Waals surface area contributed by atoms with Crippen molar-refractivity contribution in [2.75, 3.05) is 20.3 Å². The largest absolute Gasteiger partial charge is 0.462 e. The molecular weight excluding hydrogens is 296 g/mol. The molecule has 0 aliphatic rings. The Morgan fingerprint density at radius 1 is 1.26 bits per heavy atom. The van der Waals surface area contributed by atoms with E-state index in [1.165, 1.54) is 18.0 Å². The van der Waals surface area contributed by atoms with E-state index in [1.54, 1.807) is 18.2 Å². The standard InChI is InChI=1S/C17H22N2O4/c1-12(2)10-15(17(21)23-9-8-22-3)19-11-18-14-7-5-4-6-13(14)16(19)20/h4-7,11-12,15H,8-10H2,1-3H3/t15-/m0/s1. The number of rotatable bonds is 7. The minimum Gasteiger partial charge on any atom is -0.462 e. The van der Waals surface area contributed by atoms with Crippen LogP contribution >= 0.6 is 0 Å². The van der Waals surface area contributed by atoms with E-state index in [4.69, 9.17) is 9.47 Å². The van der Waals surface area contributed by atoms with Gasteiger partial charge < -0.3 is 9.47 Å². The van der Waals surface area contributed by atoms with E-state index in [9.17, 15) is 9.59 Å². The monoisotopic (exact) mass is 318 g/mol. The summed E-state index contributed by atoms with van der Waals surface area (Å²) >= 11 is 0. The van der Waals surface area contributed by atoms with Gasteiger partial charge in [-0.3, -0.25) is 9.36 Å². The number of benzene rings is 1. The molecule has 6 nitrogen and oxygen atoms in total. The van der Waals surface area contributed by atoms with Gasteiger partial charge in [-0.1, -0.05) is 26.0 Å². The van der Waals surface area contributed by atoms with Crippen LogP contribution in [0, 0.1) is 5.92 Å². The number of hydrogen-bond donors (Lipinski definition) is 0. The Bertz CT molecular complexity index is 724. The van der Waals surface area contributed by atoms with E-state index >= 15 is 0 Å². The zero-order valence-corrected chi connectivity index (χ0v) is 13.7. The molecule has 0 aliphatic carbocycles. The van der Waals surface area contributed by atoms with Crippen LogP contribution in [0.25, 0.3) is 10.9 Å². The molecule has 6 heteroatoms. The zero-order chi connectivity index (χ0) is 16.8. The highest BCUT2D eigenvalue weighted by atomic mass is 16.6. The number of para-hydroxylation sites is 1. The minimum atomic E-state index is -0.684. The first-order chi connectivity index (χ1) is 11.0. The van der Waals surface area contributed by atoms with E-state index in [-0.39, 0.29) is 18.1 Å². The molecule has 2 aromatic rings. The summed E-state index contributed by atoms with van der Waals surface area (Å²) in [5.41, 5.74) is 0.384.